The number of hydrogen-bond acceptors (Lipinski definition) is 1. The van der Waals surface area contributed by atoms with Crippen LogP contribution >= 0.6 is 15.9 Å². The van der Waals surface area contributed by atoms with E-state index < -0.39 is 0 Å². The van der Waals surface area contributed by atoms with Crippen molar-refractivity contribution in [2.45, 2.75) is 25.7 Å². The van der Waals surface area contributed by atoms with Crippen LogP contribution < -0.4 is 4.90 Å². The van der Waals surface area contributed by atoms with Crippen molar-refractivity contribution < 1.29 is 4.79 Å². The lowest BCUT2D eigenvalue weighted by Gasteiger charge is -2.22. The van der Waals surface area contributed by atoms with E-state index in [1.165, 1.54) is 6.42 Å². The Bertz CT molecular complexity index is 439. The molecule has 0 aromatic heterocycles. The summed E-state index contributed by atoms with van der Waals surface area (Å²) in [7, 11) is 1.83. The van der Waals surface area contributed by atoms with Crippen molar-refractivity contribution in [1.29, 1.82) is 0 Å². The van der Waals surface area contributed by atoms with E-state index in [0.29, 0.717) is 0 Å². The second-order valence-corrected chi connectivity index (χ2v) is 5.25. The molecule has 0 bridgehead atoms. The van der Waals surface area contributed by atoms with Gasteiger partial charge >= 0.3 is 0 Å². The molecule has 0 saturated heterocycles. The Hall–Kier alpha value is -1.09. The summed E-state index contributed by atoms with van der Waals surface area (Å²) in [6.07, 6.45) is 4.16. The second kappa shape index (κ2) is 5.50. The number of benzene rings is 1. The van der Waals surface area contributed by atoms with Crippen molar-refractivity contribution in [3.63, 3.8) is 0 Å². The fourth-order valence-corrected chi connectivity index (χ4v) is 2.71. The quantitative estimate of drug-likeness (QED) is 0.810. The molecule has 1 aliphatic carbocycles. The van der Waals surface area contributed by atoms with Crippen molar-refractivity contribution in [1.82, 2.24) is 0 Å². The molecule has 1 amide bonds. The van der Waals surface area contributed by atoms with E-state index in [0.717, 1.165) is 35.0 Å². The Labute approximate surface area is 110 Å². The number of amides is 1. The van der Waals surface area contributed by atoms with Gasteiger partial charge in [0, 0.05) is 22.8 Å². The van der Waals surface area contributed by atoms with Gasteiger partial charge in [-0.25, -0.2) is 0 Å². The number of para-hydroxylation sites is 1. The topological polar surface area (TPSA) is 20.3 Å². The van der Waals surface area contributed by atoms with Crippen molar-refractivity contribution in [3.05, 3.63) is 40.4 Å². The van der Waals surface area contributed by atoms with Crippen LogP contribution in [0.1, 0.15) is 25.7 Å². The largest absolute Gasteiger partial charge is 0.312 e. The van der Waals surface area contributed by atoms with E-state index >= 15 is 0 Å². The lowest BCUT2D eigenvalue weighted by Crippen LogP contribution is -2.28. The van der Waals surface area contributed by atoms with Crippen molar-refractivity contribution in [2.24, 2.45) is 0 Å². The Balaban J connectivity index is 2.21. The highest BCUT2D eigenvalue weighted by Gasteiger charge is 2.21. The predicted octanol–water partition coefficient (Wildman–Crippen LogP) is 3.87. The monoisotopic (exact) mass is 293 g/mol. The van der Waals surface area contributed by atoms with E-state index in [-0.39, 0.29) is 5.91 Å². The summed E-state index contributed by atoms with van der Waals surface area (Å²) in [5.41, 5.74) is 1.87. The molecule has 2 rings (SSSR count). The summed E-state index contributed by atoms with van der Waals surface area (Å²) in [6.45, 7) is 0. The van der Waals surface area contributed by atoms with Gasteiger partial charge < -0.3 is 4.90 Å². The van der Waals surface area contributed by atoms with E-state index in [2.05, 4.69) is 15.9 Å². The molecule has 2 nitrogen and oxygen atoms in total. The number of rotatable bonds is 2. The van der Waals surface area contributed by atoms with Gasteiger partial charge in [0.25, 0.3) is 5.91 Å². The number of likely N-dealkylation sites (N-methyl/N-ethyl adjacent to an activating group) is 1. The standard InChI is InChI=1S/C14H16BrNO/c1-16(11-7-3-2-4-8-11)14(17)12-9-5-6-10-13(12)15/h2-4,7-8H,5-6,9-10H2,1H3. The molecule has 1 aromatic carbocycles. The van der Waals surface area contributed by atoms with Crippen LogP contribution in [0, 0.1) is 0 Å². The van der Waals surface area contributed by atoms with Crippen LogP contribution in [0.15, 0.2) is 40.4 Å². The third kappa shape index (κ3) is 2.78. The molecule has 0 spiro atoms. The number of hydrogen-bond donors (Lipinski definition) is 0. The average molecular weight is 294 g/mol. The molecule has 0 saturated carbocycles. The molecular formula is C14H16BrNO. The normalized spacial score (nSPS) is 15.9. The van der Waals surface area contributed by atoms with E-state index in [1.807, 2.05) is 37.4 Å². The van der Waals surface area contributed by atoms with Crippen LogP contribution in [-0.2, 0) is 4.79 Å². The summed E-state index contributed by atoms with van der Waals surface area (Å²) in [5, 5.41) is 0. The van der Waals surface area contributed by atoms with Gasteiger partial charge in [0.1, 0.15) is 0 Å². The maximum absolute atomic E-state index is 12.3. The highest BCUT2D eigenvalue weighted by Crippen LogP contribution is 2.30. The van der Waals surface area contributed by atoms with Gasteiger partial charge in [-0.3, -0.25) is 4.79 Å². The van der Waals surface area contributed by atoms with Gasteiger partial charge in [0.05, 0.1) is 0 Å². The molecule has 90 valence electrons. The fourth-order valence-electron chi connectivity index (χ4n) is 2.06. The molecule has 3 heteroatoms. The number of nitrogens with zero attached hydrogens (tertiary/aromatic N) is 1. The van der Waals surface area contributed by atoms with Gasteiger partial charge in [-0.15, -0.1) is 0 Å². The zero-order valence-corrected chi connectivity index (χ0v) is 11.5. The first-order chi connectivity index (χ1) is 8.20. The molecule has 1 aliphatic rings. The molecular weight excluding hydrogens is 278 g/mol. The Morgan fingerprint density at radius 2 is 1.82 bits per heavy atom. The van der Waals surface area contributed by atoms with Crippen LogP contribution in [0.3, 0.4) is 0 Å². The van der Waals surface area contributed by atoms with E-state index in [9.17, 15) is 4.79 Å². The smallest absolute Gasteiger partial charge is 0.254 e. The number of carbonyl (C=O) groups excluding carboxylic acids is 1. The third-order valence-corrected chi connectivity index (χ3v) is 3.98. The number of halogens is 1. The zero-order valence-electron chi connectivity index (χ0n) is 9.95. The van der Waals surface area contributed by atoms with Crippen LogP contribution in [0.2, 0.25) is 0 Å². The van der Waals surface area contributed by atoms with E-state index in [1.54, 1.807) is 4.90 Å². The van der Waals surface area contributed by atoms with Gasteiger partial charge in [-0.1, -0.05) is 34.1 Å². The van der Waals surface area contributed by atoms with Gasteiger partial charge in [-0.05, 0) is 37.8 Å². The maximum Gasteiger partial charge on any atom is 0.254 e. The van der Waals surface area contributed by atoms with Crippen molar-refractivity contribution in [3.8, 4) is 0 Å². The first kappa shape index (κ1) is 12.4. The molecule has 0 radical (unpaired) electrons. The molecule has 0 fully saturated rings. The molecule has 0 unspecified atom stereocenters. The predicted molar refractivity (Wildman–Crippen MR) is 74.3 cm³/mol. The minimum Gasteiger partial charge on any atom is -0.312 e. The average Bonchev–Trinajstić information content (AvgIpc) is 2.39. The van der Waals surface area contributed by atoms with E-state index in [4.69, 9.17) is 0 Å². The van der Waals surface area contributed by atoms with Gasteiger partial charge in [0.15, 0.2) is 0 Å². The van der Waals surface area contributed by atoms with Gasteiger partial charge in [0.2, 0.25) is 0 Å². The molecule has 1 aromatic rings. The second-order valence-electron chi connectivity index (χ2n) is 4.29. The minimum atomic E-state index is 0.114. The van der Waals surface area contributed by atoms with Crippen LogP contribution in [0.4, 0.5) is 5.69 Å². The summed E-state index contributed by atoms with van der Waals surface area (Å²) < 4.78 is 1.08. The fraction of sp³-hybridized carbons (Fsp3) is 0.357. The summed E-state index contributed by atoms with van der Waals surface area (Å²) in [6, 6.07) is 9.76. The van der Waals surface area contributed by atoms with Crippen LogP contribution in [0.5, 0.6) is 0 Å². The number of allylic oxidation sites excluding steroid dienone is 1. The third-order valence-electron chi connectivity index (χ3n) is 3.11. The van der Waals surface area contributed by atoms with Crippen LogP contribution in [-0.4, -0.2) is 13.0 Å². The molecule has 0 N–H and O–H groups in total. The van der Waals surface area contributed by atoms with Crippen molar-refractivity contribution >= 4 is 27.5 Å². The lowest BCUT2D eigenvalue weighted by molar-refractivity contribution is -0.115. The highest BCUT2D eigenvalue weighted by molar-refractivity contribution is 9.11. The molecule has 0 atom stereocenters. The Morgan fingerprint density at radius 1 is 1.18 bits per heavy atom. The van der Waals surface area contributed by atoms with Crippen molar-refractivity contribution in [2.75, 3.05) is 11.9 Å². The molecule has 0 aliphatic heterocycles. The Kier molecular flexibility index (Phi) is 4.00. The highest BCUT2D eigenvalue weighted by atomic mass is 79.9. The number of carbonyl (C=O) groups is 1. The van der Waals surface area contributed by atoms with Crippen LogP contribution in [0.25, 0.3) is 0 Å². The summed E-state index contributed by atoms with van der Waals surface area (Å²) >= 11 is 3.53. The zero-order chi connectivity index (χ0) is 12.3. The summed E-state index contributed by atoms with van der Waals surface area (Å²) in [4.78, 5) is 14.1. The summed E-state index contributed by atoms with van der Waals surface area (Å²) in [5.74, 6) is 0.114. The molecule has 0 heterocycles. The maximum atomic E-state index is 12.3. The minimum absolute atomic E-state index is 0.114. The van der Waals surface area contributed by atoms with Gasteiger partial charge in [-0.2, -0.15) is 0 Å². The lowest BCUT2D eigenvalue weighted by atomic mass is 9.98. The molecule has 17 heavy (non-hydrogen) atoms. The first-order valence-electron chi connectivity index (χ1n) is 5.91. The first-order valence-corrected chi connectivity index (χ1v) is 6.70. The SMILES string of the molecule is CN(C(=O)C1=C(Br)CCCC1)c1ccccc1. The Morgan fingerprint density at radius 3 is 2.47 bits per heavy atom. The number of anilines is 1.